The van der Waals surface area contributed by atoms with Gasteiger partial charge in [0.05, 0.1) is 11.3 Å². The number of halogens is 3. The highest BCUT2D eigenvalue weighted by Gasteiger charge is 2.26. The molecule has 0 bridgehead atoms. The van der Waals surface area contributed by atoms with Gasteiger partial charge in [0.1, 0.15) is 9.88 Å². The monoisotopic (exact) mass is 468 g/mol. The fourth-order valence-electron chi connectivity index (χ4n) is 3.41. The van der Waals surface area contributed by atoms with Crippen LogP contribution in [0.25, 0.3) is 10.6 Å². The Morgan fingerprint density at radius 2 is 1.48 bits per heavy atom. The number of hydrogen-bond donors (Lipinski definition) is 1. The molecule has 1 amide bonds. The smallest absolute Gasteiger partial charge is 0.266 e. The van der Waals surface area contributed by atoms with Crippen molar-refractivity contribution in [2.24, 2.45) is 0 Å². The lowest BCUT2D eigenvalue weighted by Gasteiger charge is -2.23. The SMILES string of the molecule is Cc1nc(-c2cc(F)c(F)c(O)c2F)sc1C(=O)N(Cc1ccccc1)Cc1ccccc1. The predicted octanol–water partition coefficient (Wildman–Crippen LogP) is 6.08. The second-order valence-electron chi connectivity index (χ2n) is 7.45. The molecule has 0 saturated heterocycles. The van der Waals surface area contributed by atoms with Gasteiger partial charge in [-0.15, -0.1) is 11.3 Å². The third-order valence-electron chi connectivity index (χ3n) is 5.07. The van der Waals surface area contributed by atoms with Gasteiger partial charge >= 0.3 is 0 Å². The first-order valence-electron chi connectivity index (χ1n) is 10.1. The third-order valence-corrected chi connectivity index (χ3v) is 6.25. The molecule has 168 valence electrons. The Bertz CT molecular complexity index is 1250. The predicted molar refractivity (Wildman–Crippen MR) is 120 cm³/mol. The van der Waals surface area contributed by atoms with E-state index < -0.39 is 28.8 Å². The van der Waals surface area contributed by atoms with Gasteiger partial charge in [0.25, 0.3) is 5.91 Å². The molecule has 1 heterocycles. The van der Waals surface area contributed by atoms with E-state index in [-0.39, 0.29) is 15.8 Å². The van der Waals surface area contributed by atoms with Gasteiger partial charge in [-0.3, -0.25) is 4.79 Å². The summed E-state index contributed by atoms with van der Waals surface area (Å²) in [5, 5.41) is 9.52. The van der Waals surface area contributed by atoms with Crippen LogP contribution in [-0.4, -0.2) is 20.9 Å². The van der Waals surface area contributed by atoms with E-state index in [9.17, 15) is 23.1 Å². The molecule has 0 radical (unpaired) electrons. The van der Waals surface area contributed by atoms with Crippen LogP contribution in [-0.2, 0) is 13.1 Å². The first kappa shape index (κ1) is 22.5. The van der Waals surface area contributed by atoms with Gasteiger partial charge in [-0.05, 0) is 24.1 Å². The number of hydrogen-bond acceptors (Lipinski definition) is 4. The second kappa shape index (κ2) is 9.46. The summed E-state index contributed by atoms with van der Waals surface area (Å²) in [5.41, 5.74) is 1.78. The number of aryl methyl sites for hydroxylation is 1. The molecule has 0 atom stereocenters. The van der Waals surface area contributed by atoms with Crippen LogP contribution in [0.3, 0.4) is 0 Å². The van der Waals surface area contributed by atoms with E-state index in [0.717, 1.165) is 22.5 Å². The Morgan fingerprint density at radius 3 is 2.03 bits per heavy atom. The van der Waals surface area contributed by atoms with Crippen LogP contribution in [0, 0.1) is 24.4 Å². The molecule has 0 fully saturated rings. The number of nitrogens with zero attached hydrogens (tertiary/aromatic N) is 2. The van der Waals surface area contributed by atoms with Crippen molar-refractivity contribution < 1.29 is 23.1 Å². The second-order valence-corrected chi connectivity index (χ2v) is 8.45. The molecule has 1 aromatic heterocycles. The molecule has 0 saturated carbocycles. The van der Waals surface area contributed by atoms with Crippen molar-refractivity contribution in [1.29, 1.82) is 0 Å². The molecule has 1 N–H and O–H groups in total. The Balaban J connectivity index is 1.70. The molecule has 0 unspecified atom stereocenters. The number of carbonyl (C=O) groups is 1. The first-order valence-corrected chi connectivity index (χ1v) is 10.9. The van der Waals surface area contributed by atoms with Crippen molar-refractivity contribution in [2.45, 2.75) is 20.0 Å². The summed E-state index contributed by atoms with van der Waals surface area (Å²) in [4.78, 5) is 19.6. The number of amides is 1. The maximum atomic E-state index is 14.4. The van der Waals surface area contributed by atoms with Crippen molar-refractivity contribution >= 4 is 17.2 Å². The molecule has 3 aromatic carbocycles. The Kier molecular flexibility index (Phi) is 6.46. The summed E-state index contributed by atoms with van der Waals surface area (Å²) < 4.78 is 41.7. The Morgan fingerprint density at radius 1 is 0.939 bits per heavy atom. The molecule has 0 spiro atoms. The molecular weight excluding hydrogens is 449 g/mol. The minimum absolute atomic E-state index is 0.0260. The summed E-state index contributed by atoms with van der Waals surface area (Å²) in [6.07, 6.45) is 0. The van der Waals surface area contributed by atoms with E-state index in [1.165, 1.54) is 0 Å². The summed E-state index contributed by atoms with van der Waals surface area (Å²) in [7, 11) is 0. The molecule has 4 aromatic rings. The van der Waals surface area contributed by atoms with Crippen LogP contribution in [0.2, 0.25) is 0 Å². The van der Waals surface area contributed by atoms with Crippen molar-refractivity contribution in [2.75, 3.05) is 0 Å². The molecule has 0 aliphatic carbocycles. The third kappa shape index (κ3) is 4.75. The zero-order valence-electron chi connectivity index (χ0n) is 17.6. The maximum absolute atomic E-state index is 14.4. The maximum Gasteiger partial charge on any atom is 0.266 e. The van der Waals surface area contributed by atoms with Crippen molar-refractivity contribution in [1.82, 2.24) is 9.88 Å². The molecule has 0 aliphatic rings. The van der Waals surface area contributed by atoms with Gasteiger partial charge in [0.15, 0.2) is 17.4 Å². The fourth-order valence-corrected chi connectivity index (χ4v) is 4.45. The van der Waals surface area contributed by atoms with E-state index >= 15 is 0 Å². The van der Waals surface area contributed by atoms with Crippen molar-refractivity contribution in [3.8, 4) is 16.3 Å². The van der Waals surface area contributed by atoms with E-state index in [1.807, 2.05) is 60.7 Å². The van der Waals surface area contributed by atoms with Gasteiger partial charge in [-0.25, -0.2) is 13.8 Å². The van der Waals surface area contributed by atoms with Gasteiger partial charge in [-0.1, -0.05) is 60.7 Å². The molecular formula is C25H19F3N2O2S. The molecule has 4 rings (SSSR count). The lowest BCUT2D eigenvalue weighted by molar-refractivity contribution is 0.0734. The zero-order valence-corrected chi connectivity index (χ0v) is 18.4. The lowest BCUT2D eigenvalue weighted by Crippen LogP contribution is -2.30. The van der Waals surface area contributed by atoms with Crippen molar-refractivity contribution in [3.63, 3.8) is 0 Å². The highest BCUT2D eigenvalue weighted by atomic mass is 32.1. The van der Waals surface area contributed by atoms with Gasteiger partial charge in [-0.2, -0.15) is 4.39 Å². The summed E-state index contributed by atoms with van der Waals surface area (Å²) >= 11 is 0.865. The topological polar surface area (TPSA) is 53.4 Å². The minimum Gasteiger partial charge on any atom is -0.503 e. The van der Waals surface area contributed by atoms with Gasteiger partial charge in [0.2, 0.25) is 5.82 Å². The van der Waals surface area contributed by atoms with Crippen LogP contribution in [0.15, 0.2) is 66.7 Å². The standard InChI is InChI=1S/C25H19F3N2O2S/c1-15-23(33-24(29-15)18-12-19(26)21(28)22(31)20(18)27)25(32)30(13-16-8-4-2-5-9-16)14-17-10-6-3-7-11-17/h2-12,31H,13-14H2,1H3. The number of aromatic hydroxyl groups is 1. The lowest BCUT2D eigenvalue weighted by atomic mass is 10.1. The summed E-state index contributed by atoms with van der Waals surface area (Å²) in [6.45, 7) is 2.26. The minimum atomic E-state index is -1.67. The van der Waals surface area contributed by atoms with Crippen LogP contribution in [0.5, 0.6) is 5.75 Å². The largest absolute Gasteiger partial charge is 0.503 e. The van der Waals surface area contributed by atoms with Crippen molar-refractivity contribution in [3.05, 3.63) is 106 Å². The normalized spacial score (nSPS) is 10.9. The van der Waals surface area contributed by atoms with Crippen LogP contribution in [0.1, 0.15) is 26.5 Å². The highest BCUT2D eigenvalue weighted by molar-refractivity contribution is 7.17. The highest BCUT2D eigenvalue weighted by Crippen LogP contribution is 2.36. The van der Waals surface area contributed by atoms with Gasteiger partial charge in [0, 0.05) is 13.1 Å². The Hall–Kier alpha value is -3.65. The number of thiazole rings is 1. The number of carbonyl (C=O) groups excluding carboxylic acids is 1. The van der Waals surface area contributed by atoms with Crippen LogP contribution in [0.4, 0.5) is 13.2 Å². The van der Waals surface area contributed by atoms with Crippen LogP contribution < -0.4 is 0 Å². The number of phenols is 1. The van der Waals surface area contributed by atoms with Crippen LogP contribution >= 0.6 is 11.3 Å². The number of benzene rings is 3. The molecule has 33 heavy (non-hydrogen) atoms. The molecule has 8 heteroatoms. The van der Waals surface area contributed by atoms with Gasteiger partial charge < -0.3 is 10.0 Å². The zero-order chi connectivity index (χ0) is 23.5. The number of phenolic OH excluding ortho intramolecular Hbond substituents is 1. The fraction of sp³-hybridized carbons (Fsp3) is 0.120. The Labute approximate surface area is 192 Å². The summed E-state index contributed by atoms with van der Waals surface area (Å²) in [6, 6.07) is 19.6. The van der Waals surface area contributed by atoms with E-state index in [0.29, 0.717) is 24.8 Å². The molecule has 4 nitrogen and oxygen atoms in total. The first-order chi connectivity index (χ1) is 15.8. The molecule has 0 aliphatic heterocycles. The average Bonchev–Trinajstić information content (AvgIpc) is 3.21. The van der Waals surface area contributed by atoms with E-state index in [1.54, 1.807) is 11.8 Å². The van der Waals surface area contributed by atoms with E-state index in [2.05, 4.69) is 4.98 Å². The number of aromatic nitrogens is 1. The van der Waals surface area contributed by atoms with E-state index in [4.69, 9.17) is 0 Å². The number of rotatable bonds is 6. The summed E-state index contributed by atoms with van der Waals surface area (Å²) in [5.74, 6) is -6.14. The quantitative estimate of drug-likeness (QED) is 0.349. The average molecular weight is 469 g/mol.